The monoisotopic (exact) mass is 240 g/mol. The lowest BCUT2D eigenvalue weighted by Gasteiger charge is -2.44. The van der Waals surface area contributed by atoms with Crippen LogP contribution in [0.4, 0.5) is 4.79 Å². The van der Waals surface area contributed by atoms with E-state index in [0.29, 0.717) is 12.8 Å². The smallest absolute Gasteiger partial charge is 0.329 e. The van der Waals surface area contributed by atoms with Gasteiger partial charge in [0, 0.05) is 5.54 Å². The number of carbonyl (C=O) groups is 2. The molecule has 0 aliphatic heterocycles. The Labute approximate surface area is 101 Å². The zero-order valence-corrected chi connectivity index (χ0v) is 10.2. The average Bonchev–Trinajstić information content (AvgIpc) is 2.17. The maximum atomic E-state index is 11.8. The van der Waals surface area contributed by atoms with E-state index in [1.165, 1.54) is 0 Å². The van der Waals surface area contributed by atoms with Gasteiger partial charge in [-0.2, -0.15) is 0 Å². The lowest BCUT2D eigenvalue weighted by molar-refractivity contribution is -0.148. The Kier molecular flexibility index (Phi) is 3.02. The molecule has 5 heteroatoms. The summed E-state index contributed by atoms with van der Waals surface area (Å²) in [5.74, 6) is -0.918. The minimum Gasteiger partial charge on any atom is -0.480 e. The Morgan fingerprint density at radius 2 is 1.71 bits per heavy atom. The van der Waals surface area contributed by atoms with E-state index >= 15 is 0 Å². The molecule has 0 aromatic carbocycles. The number of rotatable bonds is 4. The molecule has 2 aliphatic rings. The molecule has 0 aromatic heterocycles. The summed E-state index contributed by atoms with van der Waals surface area (Å²) < 4.78 is 0. The summed E-state index contributed by atoms with van der Waals surface area (Å²) >= 11 is 0. The topological polar surface area (TPSA) is 78.4 Å². The van der Waals surface area contributed by atoms with E-state index in [9.17, 15) is 9.59 Å². The van der Waals surface area contributed by atoms with Gasteiger partial charge < -0.3 is 15.7 Å². The van der Waals surface area contributed by atoms with Gasteiger partial charge in [-0.05, 0) is 44.9 Å². The zero-order chi connectivity index (χ0) is 12.5. The maximum Gasteiger partial charge on any atom is 0.329 e. The number of carboxylic acid groups (broad SMARTS) is 1. The van der Waals surface area contributed by atoms with Crippen LogP contribution >= 0.6 is 0 Å². The molecule has 0 radical (unpaired) electrons. The van der Waals surface area contributed by atoms with Crippen LogP contribution in [0.1, 0.15) is 51.9 Å². The lowest BCUT2D eigenvalue weighted by atomic mass is 9.74. The SMILES string of the molecule is CCC1(NC(=O)NC2(C(=O)O)CCC2)CCC1. The van der Waals surface area contributed by atoms with Gasteiger partial charge in [0.05, 0.1) is 0 Å². The maximum absolute atomic E-state index is 11.8. The van der Waals surface area contributed by atoms with E-state index < -0.39 is 11.5 Å². The third-order valence-corrected chi connectivity index (χ3v) is 4.34. The molecule has 2 saturated carbocycles. The summed E-state index contributed by atoms with van der Waals surface area (Å²) in [4.78, 5) is 23.0. The van der Waals surface area contributed by atoms with E-state index in [1.54, 1.807) is 0 Å². The fourth-order valence-corrected chi connectivity index (χ4v) is 2.58. The summed E-state index contributed by atoms with van der Waals surface area (Å²) in [5, 5.41) is 14.7. The molecule has 3 N–H and O–H groups in total. The van der Waals surface area contributed by atoms with Crippen LogP contribution in [0.25, 0.3) is 0 Å². The van der Waals surface area contributed by atoms with Gasteiger partial charge in [-0.25, -0.2) is 9.59 Å². The van der Waals surface area contributed by atoms with E-state index in [1.807, 2.05) is 0 Å². The van der Waals surface area contributed by atoms with Crippen molar-refractivity contribution in [2.45, 2.75) is 62.9 Å². The van der Waals surface area contributed by atoms with Gasteiger partial charge in [0.2, 0.25) is 0 Å². The number of carboxylic acids is 1. The van der Waals surface area contributed by atoms with Gasteiger partial charge in [0.1, 0.15) is 5.54 Å². The van der Waals surface area contributed by atoms with Crippen LogP contribution in [0.2, 0.25) is 0 Å². The molecule has 2 rings (SSSR count). The first-order valence-corrected chi connectivity index (χ1v) is 6.36. The van der Waals surface area contributed by atoms with Crippen molar-refractivity contribution in [2.24, 2.45) is 0 Å². The summed E-state index contributed by atoms with van der Waals surface area (Å²) in [6, 6.07) is -0.325. The normalized spacial score (nSPS) is 24.1. The molecular formula is C12H20N2O3. The summed E-state index contributed by atoms with van der Waals surface area (Å²) in [5.41, 5.74) is -1.10. The third kappa shape index (κ3) is 2.10. The molecule has 17 heavy (non-hydrogen) atoms. The Balaban J connectivity index is 1.90. The Morgan fingerprint density at radius 1 is 1.12 bits per heavy atom. The van der Waals surface area contributed by atoms with Crippen LogP contribution in [0.5, 0.6) is 0 Å². The molecule has 2 amide bonds. The summed E-state index contributed by atoms with van der Waals surface area (Å²) in [7, 11) is 0. The number of amides is 2. The second kappa shape index (κ2) is 4.20. The van der Waals surface area contributed by atoms with Crippen molar-refractivity contribution >= 4 is 12.0 Å². The first-order chi connectivity index (χ1) is 8.02. The Hall–Kier alpha value is -1.26. The van der Waals surface area contributed by atoms with E-state index in [4.69, 9.17) is 5.11 Å². The summed E-state index contributed by atoms with van der Waals surface area (Å²) in [6.45, 7) is 2.05. The second-order valence-corrected chi connectivity index (χ2v) is 5.31. The molecular weight excluding hydrogens is 220 g/mol. The van der Waals surface area contributed by atoms with Crippen molar-refractivity contribution in [1.29, 1.82) is 0 Å². The number of nitrogens with one attached hydrogen (secondary N) is 2. The van der Waals surface area contributed by atoms with E-state index in [2.05, 4.69) is 17.6 Å². The zero-order valence-electron chi connectivity index (χ0n) is 10.2. The number of urea groups is 1. The quantitative estimate of drug-likeness (QED) is 0.698. The number of hydrogen-bond donors (Lipinski definition) is 3. The fraction of sp³-hybridized carbons (Fsp3) is 0.833. The van der Waals surface area contributed by atoms with Crippen molar-refractivity contribution in [3.63, 3.8) is 0 Å². The molecule has 0 spiro atoms. The van der Waals surface area contributed by atoms with Crippen molar-refractivity contribution in [1.82, 2.24) is 10.6 Å². The van der Waals surface area contributed by atoms with Crippen LogP contribution in [-0.2, 0) is 4.79 Å². The third-order valence-electron chi connectivity index (χ3n) is 4.34. The molecule has 0 saturated heterocycles. The molecule has 0 heterocycles. The van der Waals surface area contributed by atoms with Gasteiger partial charge in [0.15, 0.2) is 0 Å². The molecule has 0 bridgehead atoms. The first kappa shape index (κ1) is 12.2. The molecule has 0 unspecified atom stereocenters. The molecule has 96 valence electrons. The second-order valence-electron chi connectivity index (χ2n) is 5.31. The predicted octanol–water partition coefficient (Wildman–Crippen LogP) is 1.63. The van der Waals surface area contributed by atoms with Crippen molar-refractivity contribution < 1.29 is 14.7 Å². The molecule has 0 aromatic rings. The number of aliphatic carboxylic acids is 1. The highest BCUT2D eigenvalue weighted by molar-refractivity contribution is 5.87. The first-order valence-electron chi connectivity index (χ1n) is 6.36. The van der Waals surface area contributed by atoms with E-state index in [-0.39, 0.29) is 11.6 Å². The van der Waals surface area contributed by atoms with Gasteiger partial charge >= 0.3 is 12.0 Å². The van der Waals surface area contributed by atoms with Crippen LogP contribution < -0.4 is 10.6 Å². The van der Waals surface area contributed by atoms with Gasteiger partial charge in [-0.3, -0.25) is 0 Å². The van der Waals surface area contributed by atoms with Crippen molar-refractivity contribution in [3.05, 3.63) is 0 Å². The van der Waals surface area contributed by atoms with Crippen LogP contribution in [0, 0.1) is 0 Å². The average molecular weight is 240 g/mol. The fourth-order valence-electron chi connectivity index (χ4n) is 2.58. The number of carbonyl (C=O) groups excluding carboxylic acids is 1. The number of hydrogen-bond acceptors (Lipinski definition) is 2. The van der Waals surface area contributed by atoms with Crippen molar-refractivity contribution in [3.8, 4) is 0 Å². The molecule has 2 fully saturated rings. The largest absolute Gasteiger partial charge is 0.480 e. The molecule has 2 aliphatic carbocycles. The molecule has 0 atom stereocenters. The highest BCUT2D eigenvalue weighted by Gasteiger charge is 2.47. The van der Waals surface area contributed by atoms with E-state index in [0.717, 1.165) is 32.1 Å². The standard InChI is InChI=1S/C12H20N2O3/c1-2-11(5-3-6-11)13-10(17)14-12(9(15)16)7-4-8-12/h2-8H2,1H3,(H,15,16)(H2,13,14,17). The van der Waals surface area contributed by atoms with Gasteiger partial charge in [0.25, 0.3) is 0 Å². The highest BCUT2D eigenvalue weighted by Crippen LogP contribution is 2.35. The van der Waals surface area contributed by atoms with Crippen LogP contribution in [0.3, 0.4) is 0 Å². The minimum absolute atomic E-state index is 0.0898. The van der Waals surface area contributed by atoms with Gasteiger partial charge in [-0.1, -0.05) is 6.92 Å². The van der Waals surface area contributed by atoms with Crippen molar-refractivity contribution in [2.75, 3.05) is 0 Å². The highest BCUT2D eigenvalue weighted by atomic mass is 16.4. The Bertz CT molecular complexity index is 327. The predicted molar refractivity (Wildman–Crippen MR) is 62.8 cm³/mol. The summed E-state index contributed by atoms with van der Waals surface area (Å²) in [6.07, 6.45) is 5.97. The van der Waals surface area contributed by atoms with Gasteiger partial charge in [-0.15, -0.1) is 0 Å². The van der Waals surface area contributed by atoms with Crippen LogP contribution in [0.15, 0.2) is 0 Å². The lowest BCUT2D eigenvalue weighted by Crippen LogP contribution is -2.64. The Morgan fingerprint density at radius 3 is 2.00 bits per heavy atom. The van der Waals surface area contributed by atoms with Crippen LogP contribution in [-0.4, -0.2) is 28.2 Å². The molecule has 5 nitrogen and oxygen atoms in total. The minimum atomic E-state index is -1.01.